The molecule has 2 rings (SSSR count). The lowest BCUT2D eigenvalue weighted by Crippen LogP contribution is -2.07. The van der Waals surface area contributed by atoms with Gasteiger partial charge in [-0.05, 0) is 18.1 Å². The minimum Gasteiger partial charge on any atom is -0.306 e. The predicted octanol–water partition coefficient (Wildman–Crippen LogP) is 1.76. The topological polar surface area (TPSA) is 55.2 Å². The highest BCUT2D eigenvalue weighted by atomic mass is 16.6. The summed E-state index contributed by atoms with van der Waals surface area (Å²) in [6.45, 7) is 2.82. The van der Waals surface area contributed by atoms with Gasteiger partial charge < -0.3 is 5.32 Å². The molecule has 0 bridgehead atoms. The monoisotopic (exact) mass is 178 g/mol. The summed E-state index contributed by atoms with van der Waals surface area (Å²) in [6, 6.07) is 5.26. The second kappa shape index (κ2) is 2.81. The van der Waals surface area contributed by atoms with Crippen LogP contribution < -0.4 is 5.32 Å². The van der Waals surface area contributed by atoms with Gasteiger partial charge in [0.05, 0.1) is 4.92 Å². The molecule has 1 heterocycles. The highest BCUT2D eigenvalue weighted by Gasteiger charge is 2.20. The van der Waals surface area contributed by atoms with Gasteiger partial charge in [0, 0.05) is 24.7 Å². The molecule has 68 valence electrons. The minimum absolute atomic E-state index is 0.175. The third-order valence-electron chi connectivity index (χ3n) is 2.41. The van der Waals surface area contributed by atoms with Crippen LogP contribution in [0.2, 0.25) is 0 Å². The second-order valence-electron chi connectivity index (χ2n) is 3.24. The molecule has 13 heavy (non-hydrogen) atoms. The highest BCUT2D eigenvalue weighted by Crippen LogP contribution is 2.28. The van der Waals surface area contributed by atoms with Crippen LogP contribution in [-0.4, -0.2) is 4.92 Å². The first-order chi connectivity index (χ1) is 6.18. The van der Waals surface area contributed by atoms with Crippen LogP contribution in [0.3, 0.4) is 0 Å². The van der Waals surface area contributed by atoms with Gasteiger partial charge in [-0.2, -0.15) is 0 Å². The molecule has 4 nitrogen and oxygen atoms in total. The lowest BCUT2D eigenvalue weighted by Gasteiger charge is -2.02. The van der Waals surface area contributed by atoms with E-state index >= 15 is 0 Å². The molecule has 1 atom stereocenters. The first-order valence-electron chi connectivity index (χ1n) is 4.19. The van der Waals surface area contributed by atoms with Gasteiger partial charge in [0.2, 0.25) is 0 Å². The van der Waals surface area contributed by atoms with Crippen molar-refractivity contribution in [1.82, 2.24) is 5.32 Å². The van der Waals surface area contributed by atoms with Crippen LogP contribution in [0, 0.1) is 10.1 Å². The average molecular weight is 178 g/mol. The molecule has 1 unspecified atom stereocenters. The molecule has 4 heteroatoms. The Hall–Kier alpha value is -1.42. The summed E-state index contributed by atoms with van der Waals surface area (Å²) in [7, 11) is 0. The fourth-order valence-electron chi connectivity index (χ4n) is 1.63. The van der Waals surface area contributed by atoms with Crippen LogP contribution >= 0.6 is 0 Å². The number of fused-ring (bicyclic) bond motifs is 1. The first kappa shape index (κ1) is 8.19. The number of nitro groups is 1. The van der Waals surface area contributed by atoms with Gasteiger partial charge in [0.1, 0.15) is 0 Å². The van der Waals surface area contributed by atoms with Crippen molar-refractivity contribution in [3.05, 3.63) is 39.4 Å². The Morgan fingerprint density at radius 3 is 3.08 bits per heavy atom. The van der Waals surface area contributed by atoms with Crippen LogP contribution in [0.25, 0.3) is 0 Å². The molecule has 0 aliphatic carbocycles. The van der Waals surface area contributed by atoms with Crippen molar-refractivity contribution in [2.75, 3.05) is 0 Å². The van der Waals surface area contributed by atoms with Gasteiger partial charge in [0.25, 0.3) is 5.69 Å². The van der Waals surface area contributed by atoms with Crippen molar-refractivity contribution in [3.63, 3.8) is 0 Å². The number of hydrogen-bond donors (Lipinski definition) is 1. The molecule has 0 spiro atoms. The van der Waals surface area contributed by atoms with Crippen molar-refractivity contribution in [3.8, 4) is 0 Å². The highest BCUT2D eigenvalue weighted by molar-refractivity contribution is 5.43. The maximum Gasteiger partial charge on any atom is 0.269 e. The molecule has 0 amide bonds. The molecule has 1 aliphatic heterocycles. The number of non-ortho nitro benzene ring substituents is 1. The summed E-state index contributed by atoms with van der Waals surface area (Å²) in [5.74, 6) is 0. The quantitative estimate of drug-likeness (QED) is 0.526. The van der Waals surface area contributed by atoms with Gasteiger partial charge in [-0.3, -0.25) is 10.1 Å². The largest absolute Gasteiger partial charge is 0.306 e. The van der Waals surface area contributed by atoms with Crippen LogP contribution in [0.1, 0.15) is 24.1 Å². The van der Waals surface area contributed by atoms with Crippen LogP contribution in [0.5, 0.6) is 0 Å². The zero-order valence-electron chi connectivity index (χ0n) is 7.28. The zero-order chi connectivity index (χ0) is 9.42. The fraction of sp³-hybridized carbons (Fsp3) is 0.333. The van der Waals surface area contributed by atoms with E-state index in [0.717, 1.165) is 17.7 Å². The average Bonchev–Trinajstić information content (AvgIpc) is 2.47. The SMILES string of the molecule is CC1NCc2ccc([N+](=O)[O-])cc21. The Morgan fingerprint density at radius 2 is 2.38 bits per heavy atom. The van der Waals surface area contributed by atoms with Gasteiger partial charge in [-0.25, -0.2) is 0 Å². The summed E-state index contributed by atoms with van der Waals surface area (Å²) in [5, 5.41) is 13.7. The van der Waals surface area contributed by atoms with Gasteiger partial charge >= 0.3 is 0 Å². The number of benzene rings is 1. The Balaban J connectivity index is 2.47. The molecule has 0 aromatic heterocycles. The summed E-state index contributed by atoms with van der Waals surface area (Å²) in [5.41, 5.74) is 2.39. The van der Waals surface area contributed by atoms with E-state index in [9.17, 15) is 10.1 Å². The van der Waals surface area contributed by atoms with Crippen LogP contribution in [0.4, 0.5) is 5.69 Å². The summed E-state index contributed by atoms with van der Waals surface area (Å²) < 4.78 is 0. The van der Waals surface area contributed by atoms with Crippen molar-refractivity contribution < 1.29 is 4.92 Å². The lowest BCUT2D eigenvalue weighted by atomic mass is 10.1. The van der Waals surface area contributed by atoms with Gasteiger partial charge in [0.15, 0.2) is 0 Å². The Bertz CT molecular complexity index is 363. The third-order valence-corrected chi connectivity index (χ3v) is 2.41. The molecule has 1 aromatic carbocycles. The van der Waals surface area contributed by atoms with E-state index in [-0.39, 0.29) is 16.7 Å². The van der Waals surface area contributed by atoms with E-state index in [0.29, 0.717) is 0 Å². The number of rotatable bonds is 1. The lowest BCUT2D eigenvalue weighted by molar-refractivity contribution is -0.384. The summed E-state index contributed by atoms with van der Waals surface area (Å²) in [6.07, 6.45) is 0. The standard InChI is InChI=1S/C9H10N2O2/c1-6-9-4-8(11(12)13)3-2-7(9)5-10-6/h2-4,6,10H,5H2,1H3. The molecule has 1 aliphatic rings. The Morgan fingerprint density at radius 1 is 1.62 bits per heavy atom. The predicted molar refractivity (Wildman–Crippen MR) is 48.4 cm³/mol. The molecule has 0 saturated heterocycles. The maximum absolute atomic E-state index is 10.5. The zero-order valence-corrected chi connectivity index (χ0v) is 7.28. The number of nitrogens with zero attached hydrogens (tertiary/aromatic N) is 1. The molecule has 0 radical (unpaired) electrons. The fourth-order valence-corrected chi connectivity index (χ4v) is 1.63. The smallest absolute Gasteiger partial charge is 0.269 e. The van der Waals surface area contributed by atoms with Crippen molar-refractivity contribution in [2.45, 2.75) is 19.5 Å². The van der Waals surface area contributed by atoms with E-state index in [1.54, 1.807) is 12.1 Å². The Kier molecular flexibility index (Phi) is 1.77. The number of nitrogens with one attached hydrogen (secondary N) is 1. The summed E-state index contributed by atoms with van der Waals surface area (Å²) in [4.78, 5) is 10.1. The first-order valence-corrected chi connectivity index (χ1v) is 4.19. The van der Waals surface area contributed by atoms with Crippen molar-refractivity contribution in [2.24, 2.45) is 0 Å². The Labute approximate surface area is 75.7 Å². The molecular weight excluding hydrogens is 168 g/mol. The van der Waals surface area contributed by atoms with E-state index in [1.165, 1.54) is 0 Å². The normalized spacial score (nSPS) is 19.9. The maximum atomic E-state index is 10.5. The van der Waals surface area contributed by atoms with Gasteiger partial charge in [-0.1, -0.05) is 6.07 Å². The van der Waals surface area contributed by atoms with E-state index in [2.05, 4.69) is 5.32 Å². The minimum atomic E-state index is -0.356. The van der Waals surface area contributed by atoms with Crippen LogP contribution in [-0.2, 0) is 6.54 Å². The van der Waals surface area contributed by atoms with Crippen molar-refractivity contribution in [1.29, 1.82) is 0 Å². The van der Waals surface area contributed by atoms with Crippen LogP contribution in [0.15, 0.2) is 18.2 Å². The molecule has 1 N–H and O–H groups in total. The third kappa shape index (κ3) is 1.29. The van der Waals surface area contributed by atoms with Gasteiger partial charge in [-0.15, -0.1) is 0 Å². The summed E-state index contributed by atoms with van der Waals surface area (Å²) >= 11 is 0. The van der Waals surface area contributed by atoms with E-state index in [1.807, 2.05) is 13.0 Å². The molecule has 0 saturated carbocycles. The van der Waals surface area contributed by atoms with Crippen molar-refractivity contribution >= 4 is 5.69 Å². The number of hydrogen-bond acceptors (Lipinski definition) is 3. The van der Waals surface area contributed by atoms with E-state index in [4.69, 9.17) is 0 Å². The second-order valence-corrected chi connectivity index (χ2v) is 3.24. The molecular formula is C9H10N2O2. The van der Waals surface area contributed by atoms with E-state index < -0.39 is 0 Å². The molecule has 0 fully saturated rings. The number of nitro benzene ring substituents is 1. The molecule has 1 aromatic rings.